The zero-order valence-corrected chi connectivity index (χ0v) is 12.8. The molecule has 1 aromatic carbocycles. The zero-order chi connectivity index (χ0) is 13.2. The van der Waals surface area contributed by atoms with Crippen molar-refractivity contribution in [3.63, 3.8) is 0 Å². The minimum absolute atomic E-state index is 0.330. The molecule has 19 heavy (non-hydrogen) atoms. The Labute approximate surface area is 125 Å². The minimum atomic E-state index is -0.330. The Hall–Kier alpha value is -0.840. The normalized spacial score (nSPS) is 18.1. The molecule has 1 N–H and O–H groups in total. The monoisotopic (exact) mass is 338 g/mol. The summed E-state index contributed by atoms with van der Waals surface area (Å²) in [6.45, 7) is 0.575. The molecule has 100 valence electrons. The van der Waals surface area contributed by atoms with Crippen LogP contribution in [-0.4, -0.2) is 5.11 Å². The Morgan fingerprint density at radius 2 is 2.21 bits per heavy atom. The number of hydrogen-bond donors (Lipinski definition) is 1. The molecule has 0 saturated heterocycles. The summed E-state index contributed by atoms with van der Waals surface area (Å²) >= 11 is 5.12. The first-order chi connectivity index (χ1) is 9.22. The molecule has 2 nitrogen and oxygen atoms in total. The van der Waals surface area contributed by atoms with Crippen molar-refractivity contribution >= 4 is 27.3 Å². The van der Waals surface area contributed by atoms with Crippen LogP contribution in [0.1, 0.15) is 34.9 Å². The largest absolute Gasteiger partial charge is 0.488 e. The van der Waals surface area contributed by atoms with Gasteiger partial charge in [0.2, 0.25) is 0 Å². The highest BCUT2D eigenvalue weighted by molar-refractivity contribution is 9.11. The van der Waals surface area contributed by atoms with Gasteiger partial charge in [-0.3, -0.25) is 0 Å². The molecule has 0 radical (unpaired) electrons. The molecule has 1 aliphatic rings. The van der Waals surface area contributed by atoms with Crippen molar-refractivity contribution in [2.75, 3.05) is 0 Å². The summed E-state index contributed by atoms with van der Waals surface area (Å²) in [4.78, 5) is 1.19. The van der Waals surface area contributed by atoms with E-state index in [4.69, 9.17) is 4.74 Å². The van der Waals surface area contributed by atoms with Crippen LogP contribution in [0.3, 0.4) is 0 Å². The molecule has 0 saturated carbocycles. The molecule has 0 spiro atoms. The maximum atomic E-state index is 10.0. The molecule has 1 aliphatic carbocycles. The zero-order valence-electron chi connectivity index (χ0n) is 10.4. The highest BCUT2D eigenvalue weighted by atomic mass is 79.9. The van der Waals surface area contributed by atoms with Crippen LogP contribution in [0.2, 0.25) is 0 Å². The van der Waals surface area contributed by atoms with Crippen molar-refractivity contribution < 1.29 is 9.84 Å². The van der Waals surface area contributed by atoms with Crippen molar-refractivity contribution in [1.82, 2.24) is 0 Å². The van der Waals surface area contributed by atoms with Crippen molar-refractivity contribution in [3.8, 4) is 5.75 Å². The topological polar surface area (TPSA) is 29.5 Å². The molecule has 0 amide bonds. The number of halogens is 1. The number of hydrogen-bond acceptors (Lipinski definition) is 3. The summed E-state index contributed by atoms with van der Waals surface area (Å²) < 4.78 is 6.92. The Bertz CT molecular complexity index is 579. The summed E-state index contributed by atoms with van der Waals surface area (Å²) in [5.74, 6) is 0.837. The summed E-state index contributed by atoms with van der Waals surface area (Å²) in [7, 11) is 0. The summed E-state index contributed by atoms with van der Waals surface area (Å²) in [6.07, 6.45) is 2.65. The molecule has 1 atom stereocenters. The van der Waals surface area contributed by atoms with Crippen LogP contribution in [0.15, 0.2) is 34.1 Å². The number of fused-ring (bicyclic) bond motifs is 1. The fourth-order valence-corrected chi connectivity index (χ4v) is 3.82. The number of rotatable bonds is 3. The number of aliphatic hydroxyl groups excluding tert-OH is 1. The maximum absolute atomic E-state index is 10.0. The van der Waals surface area contributed by atoms with E-state index >= 15 is 0 Å². The van der Waals surface area contributed by atoms with E-state index in [9.17, 15) is 5.11 Å². The van der Waals surface area contributed by atoms with Gasteiger partial charge in [0.1, 0.15) is 12.4 Å². The Kier molecular flexibility index (Phi) is 3.91. The first-order valence-electron chi connectivity index (χ1n) is 6.40. The van der Waals surface area contributed by atoms with E-state index in [0.717, 1.165) is 34.4 Å². The second kappa shape index (κ2) is 5.65. The van der Waals surface area contributed by atoms with E-state index in [1.807, 2.05) is 18.2 Å². The van der Waals surface area contributed by atoms with Crippen LogP contribution in [-0.2, 0) is 13.0 Å². The lowest BCUT2D eigenvalue weighted by Crippen LogP contribution is -2.09. The Morgan fingerprint density at radius 1 is 1.32 bits per heavy atom. The first kappa shape index (κ1) is 13.2. The van der Waals surface area contributed by atoms with Crippen LogP contribution in [0.25, 0.3) is 0 Å². The van der Waals surface area contributed by atoms with Crippen LogP contribution < -0.4 is 4.74 Å². The van der Waals surface area contributed by atoms with Gasteiger partial charge in [0.25, 0.3) is 0 Å². The van der Waals surface area contributed by atoms with Gasteiger partial charge in [0.05, 0.1) is 9.89 Å². The molecule has 0 unspecified atom stereocenters. The molecule has 4 heteroatoms. The van der Waals surface area contributed by atoms with E-state index in [-0.39, 0.29) is 6.10 Å². The molecular weight excluding hydrogens is 324 g/mol. The quantitative estimate of drug-likeness (QED) is 0.895. The van der Waals surface area contributed by atoms with Crippen molar-refractivity contribution in [1.29, 1.82) is 0 Å². The van der Waals surface area contributed by atoms with Gasteiger partial charge in [-0.15, -0.1) is 11.3 Å². The Morgan fingerprint density at radius 3 is 3.00 bits per heavy atom. The van der Waals surface area contributed by atoms with Gasteiger partial charge in [-0.25, -0.2) is 0 Å². The molecular formula is C15H15BrO2S. The summed E-state index contributed by atoms with van der Waals surface area (Å²) in [5, 5.41) is 10.0. The first-order valence-corrected chi connectivity index (χ1v) is 8.01. The van der Waals surface area contributed by atoms with E-state index in [0.29, 0.717) is 6.61 Å². The van der Waals surface area contributed by atoms with E-state index in [1.54, 1.807) is 11.3 Å². The highest BCUT2D eigenvalue weighted by Crippen LogP contribution is 2.32. The third-order valence-corrected chi connectivity index (χ3v) is 5.01. The maximum Gasteiger partial charge on any atom is 0.122 e. The van der Waals surface area contributed by atoms with Gasteiger partial charge in [-0.2, -0.15) is 0 Å². The van der Waals surface area contributed by atoms with E-state index < -0.39 is 0 Å². The SMILES string of the molecule is O[C@H]1CCCc2ccc(OCc3ccc(Br)s3)cc21. The third-order valence-electron chi connectivity index (χ3n) is 3.41. The lowest BCUT2D eigenvalue weighted by Gasteiger charge is -2.21. The Balaban J connectivity index is 1.73. The lowest BCUT2D eigenvalue weighted by atomic mass is 9.89. The number of ether oxygens (including phenoxy) is 1. The fraction of sp³-hybridized carbons (Fsp3) is 0.333. The van der Waals surface area contributed by atoms with Crippen molar-refractivity contribution in [2.45, 2.75) is 32.0 Å². The van der Waals surface area contributed by atoms with Crippen molar-refractivity contribution in [2.24, 2.45) is 0 Å². The third kappa shape index (κ3) is 3.02. The van der Waals surface area contributed by atoms with E-state index in [2.05, 4.69) is 28.1 Å². The molecule has 1 aromatic heterocycles. The number of benzene rings is 1. The smallest absolute Gasteiger partial charge is 0.122 e. The van der Waals surface area contributed by atoms with Crippen LogP contribution >= 0.6 is 27.3 Å². The molecule has 3 rings (SSSR count). The number of aryl methyl sites for hydroxylation is 1. The van der Waals surface area contributed by atoms with Gasteiger partial charge in [-0.05, 0) is 70.6 Å². The van der Waals surface area contributed by atoms with E-state index in [1.165, 1.54) is 10.4 Å². The number of thiophene rings is 1. The van der Waals surface area contributed by atoms with Crippen molar-refractivity contribution in [3.05, 3.63) is 50.1 Å². The lowest BCUT2D eigenvalue weighted by molar-refractivity contribution is 0.156. The van der Waals surface area contributed by atoms with Gasteiger partial charge in [0.15, 0.2) is 0 Å². The summed E-state index contributed by atoms with van der Waals surface area (Å²) in [5.41, 5.74) is 2.29. The molecule has 1 heterocycles. The average Bonchev–Trinajstić information content (AvgIpc) is 2.83. The molecule has 0 bridgehead atoms. The van der Waals surface area contributed by atoms with Gasteiger partial charge >= 0.3 is 0 Å². The fourth-order valence-electron chi connectivity index (χ4n) is 2.43. The summed E-state index contributed by atoms with van der Waals surface area (Å²) in [6, 6.07) is 10.2. The van der Waals surface area contributed by atoms with Crippen LogP contribution in [0, 0.1) is 0 Å². The van der Waals surface area contributed by atoms with Gasteiger partial charge in [-0.1, -0.05) is 6.07 Å². The van der Waals surface area contributed by atoms with Gasteiger partial charge < -0.3 is 9.84 Å². The molecule has 0 aliphatic heterocycles. The molecule has 2 aromatic rings. The standard InChI is InChI=1S/C15H15BrO2S/c16-15-7-6-12(19-15)9-18-11-5-4-10-2-1-3-14(17)13(10)8-11/h4-8,14,17H,1-3,9H2/t14-/m0/s1. The average molecular weight is 339 g/mol. The highest BCUT2D eigenvalue weighted by Gasteiger charge is 2.18. The number of aliphatic hydroxyl groups is 1. The molecule has 0 fully saturated rings. The van der Waals surface area contributed by atoms with Crippen LogP contribution in [0.4, 0.5) is 0 Å². The minimum Gasteiger partial charge on any atom is -0.488 e. The second-order valence-corrected chi connectivity index (χ2v) is 7.31. The van der Waals surface area contributed by atoms with Crippen LogP contribution in [0.5, 0.6) is 5.75 Å². The predicted octanol–water partition coefficient (Wildman–Crippen LogP) is 4.46. The second-order valence-electron chi connectivity index (χ2n) is 4.76. The van der Waals surface area contributed by atoms with Gasteiger partial charge in [0, 0.05) is 4.88 Å². The predicted molar refractivity (Wildman–Crippen MR) is 80.7 cm³/mol.